The zero-order chi connectivity index (χ0) is 19.4. The summed E-state index contributed by atoms with van der Waals surface area (Å²) in [6.07, 6.45) is 2.08. The summed E-state index contributed by atoms with van der Waals surface area (Å²) < 4.78 is 34.9. The molecule has 0 N–H and O–H groups in total. The van der Waals surface area contributed by atoms with Crippen molar-refractivity contribution in [2.45, 2.75) is 25.9 Å². The van der Waals surface area contributed by atoms with E-state index in [0.717, 1.165) is 5.76 Å². The number of sulfone groups is 1. The van der Waals surface area contributed by atoms with E-state index in [1.165, 1.54) is 0 Å². The minimum Gasteiger partial charge on any atom is -0.490 e. The summed E-state index contributed by atoms with van der Waals surface area (Å²) in [5, 5.41) is 0. The van der Waals surface area contributed by atoms with Crippen LogP contribution in [0.5, 0.6) is 5.75 Å². The molecule has 0 bridgehead atoms. The third kappa shape index (κ3) is 4.80. The number of rotatable bonds is 7. The van der Waals surface area contributed by atoms with Crippen LogP contribution >= 0.6 is 0 Å². The van der Waals surface area contributed by atoms with Crippen LogP contribution in [0.2, 0.25) is 0 Å². The van der Waals surface area contributed by atoms with Crippen molar-refractivity contribution in [1.29, 1.82) is 0 Å². The smallest absolute Gasteiger partial charge is 0.254 e. The molecule has 1 aliphatic rings. The van der Waals surface area contributed by atoms with Crippen LogP contribution in [-0.4, -0.2) is 43.4 Å². The zero-order valence-corrected chi connectivity index (χ0v) is 16.1. The van der Waals surface area contributed by atoms with Crippen LogP contribution in [-0.2, 0) is 16.4 Å². The maximum absolute atomic E-state index is 13.1. The van der Waals surface area contributed by atoms with Crippen molar-refractivity contribution in [2.24, 2.45) is 0 Å². The monoisotopic (exact) mass is 389 g/mol. The lowest BCUT2D eigenvalue weighted by molar-refractivity contribution is 0.0665. The Labute approximate surface area is 159 Å². The Morgan fingerprint density at radius 3 is 2.59 bits per heavy atom. The Morgan fingerprint density at radius 2 is 2.04 bits per heavy atom. The first-order valence-corrected chi connectivity index (χ1v) is 10.6. The van der Waals surface area contributed by atoms with Gasteiger partial charge in [0.1, 0.15) is 23.9 Å². The normalized spacial score (nSPS) is 18.2. The van der Waals surface area contributed by atoms with Gasteiger partial charge in [-0.15, -0.1) is 0 Å². The molecule has 1 aromatic carbocycles. The molecule has 0 unspecified atom stereocenters. The van der Waals surface area contributed by atoms with Crippen molar-refractivity contribution in [3.05, 3.63) is 66.1 Å². The van der Waals surface area contributed by atoms with E-state index in [2.05, 4.69) is 6.58 Å². The number of carbonyl (C=O) groups excluding carboxylic acids is 1. The van der Waals surface area contributed by atoms with E-state index < -0.39 is 9.84 Å². The Bertz CT molecular complexity index is 914. The van der Waals surface area contributed by atoms with Gasteiger partial charge >= 0.3 is 0 Å². The molecule has 2 heterocycles. The molecule has 144 valence electrons. The molecular formula is C20H23NO5S. The molecule has 0 aliphatic carbocycles. The number of furan rings is 1. The molecule has 1 fully saturated rings. The van der Waals surface area contributed by atoms with E-state index in [-0.39, 0.29) is 30.0 Å². The molecule has 1 atom stereocenters. The molecule has 0 spiro atoms. The van der Waals surface area contributed by atoms with Crippen molar-refractivity contribution in [2.75, 3.05) is 18.1 Å². The molecule has 0 saturated carbocycles. The van der Waals surface area contributed by atoms with E-state index in [4.69, 9.17) is 9.15 Å². The van der Waals surface area contributed by atoms with Gasteiger partial charge in [-0.2, -0.15) is 0 Å². The van der Waals surface area contributed by atoms with E-state index in [0.29, 0.717) is 30.1 Å². The highest BCUT2D eigenvalue weighted by Crippen LogP contribution is 2.24. The lowest BCUT2D eigenvalue weighted by atomic mass is 10.1. The third-order valence-corrected chi connectivity index (χ3v) is 6.25. The van der Waals surface area contributed by atoms with Crippen molar-refractivity contribution in [1.82, 2.24) is 4.90 Å². The Kier molecular flexibility index (Phi) is 5.70. The van der Waals surface area contributed by atoms with Crippen LogP contribution in [0.1, 0.15) is 28.3 Å². The van der Waals surface area contributed by atoms with Crippen LogP contribution in [0.3, 0.4) is 0 Å². The van der Waals surface area contributed by atoms with Crippen LogP contribution in [0.25, 0.3) is 0 Å². The largest absolute Gasteiger partial charge is 0.490 e. The van der Waals surface area contributed by atoms with E-state index in [1.807, 2.05) is 19.1 Å². The summed E-state index contributed by atoms with van der Waals surface area (Å²) in [7, 11) is -3.11. The molecule has 3 rings (SSSR count). The number of ether oxygens (including phenoxy) is 1. The van der Waals surface area contributed by atoms with Gasteiger partial charge < -0.3 is 14.1 Å². The molecule has 27 heavy (non-hydrogen) atoms. The van der Waals surface area contributed by atoms with Crippen molar-refractivity contribution in [3.63, 3.8) is 0 Å². The minimum atomic E-state index is -3.11. The van der Waals surface area contributed by atoms with Crippen molar-refractivity contribution >= 4 is 15.7 Å². The first kappa shape index (κ1) is 19.2. The highest BCUT2D eigenvalue weighted by Gasteiger charge is 2.35. The number of amides is 1. The average molecular weight is 389 g/mol. The van der Waals surface area contributed by atoms with Crippen molar-refractivity contribution < 1.29 is 22.4 Å². The van der Waals surface area contributed by atoms with Crippen LogP contribution in [0, 0.1) is 6.92 Å². The quantitative estimate of drug-likeness (QED) is 0.681. The SMILES string of the molecule is C=CCOc1ccc(C(=O)N(Cc2ccc(C)o2)[C@H]2CCS(=O)(=O)C2)cc1. The van der Waals surface area contributed by atoms with E-state index >= 15 is 0 Å². The molecule has 1 aliphatic heterocycles. The Hall–Kier alpha value is -2.54. The topological polar surface area (TPSA) is 76.8 Å². The van der Waals surface area contributed by atoms with Crippen molar-refractivity contribution in [3.8, 4) is 5.75 Å². The standard InChI is InChI=1S/C20H23NO5S/c1-3-11-25-18-8-5-16(6-9-18)20(22)21(13-19-7-4-15(2)26-19)17-10-12-27(23,24)14-17/h3-9,17H,1,10-14H2,2H3/t17-/m0/s1. The Morgan fingerprint density at radius 1 is 1.30 bits per heavy atom. The van der Waals surface area contributed by atoms with E-state index in [9.17, 15) is 13.2 Å². The van der Waals surface area contributed by atoms with Crippen LogP contribution < -0.4 is 4.74 Å². The molecule has 2 aromatic rings. The minimum absolute atomic E-state index is 0.0149. The van der Waals surface area contributed by atoms with E-state index in [1.54, 1.807) is 35.2 Å². The lowest BCUT2D eigenvalue weighted by Gasteiger charge is -2.27. The molecule has 1 aromatic heterocycles. The fourth-order valence-electron chi connectivity index (χ4n) is 3.14. The maximum atomic E-state index is 13.1. The molecular weight excluding hydrogens is 366 g/mol. The number of benzene rings is 1. The Balaban J connectivity index is 1.82. The van der Waals surface area contributed by atoms with Gasteiger partial charge in [-0.25, -0.2) is 8.42 Å². The van der Waals surface area contributed by atoms with Crippen LogP contribution in [0.4, 0.5) is 0 Å². The second-order valence-corrected chi connectivity index (χ2v) is 8.86. The summed E-state index contributed by atoms with van der Waals surface area (Å²) in [6.45, 7) is 6.05. The average Bonchev–Trinajstić information content (AvgIpc) is 3.22. The molecule has 1 amide bonds. The number of carbonyl (C=O) groups is 1. The molecule has 0 radical (unpaired) electrons. The van der Waals surface area contributed by atoms with Gasteiger partial charge in [0.15, 0.2) is 9.84 Å². The molecule has 1 saturated heterocycles. The number of nitrogens with zero attached hydrogens (tertiary/aromatic N) is 1. The summed E-state index contributed by atoms with van der Waals surface area (Å²) in [4.78, 5) is 14.7. The highest BCUT2D eigenvalue weighted by molar-refractivity contribution is 7.91. The predicted molar refractivity (Wildman–Crippen MR) is 103 cm³/mol. The number of hydrogen-bond acceptors (Lipinski definition) is 5. The fraction of sp³-hybridized carbons (Fsp3) is 0.350. The third-order valence-electron chi connectivity index (χ3n) is 4.50. The maximum Gasteiger partial charge on any atom is 0.254 e. The molecule has 6 nitrogen and oxygen atoms in total. The zero-order valence-electron chi connectivity index (χ0n) is 15.3. The van der Waals surface area contributed by atoms with Gasteiger partial charge in [-0.05, 0) is 49.7 Å². The lowest BCUT2D eigenvalue weighted by Crippen LogP contribution is -2.40. The van der Waals surface area contributed by atoms with Gasteiger partial charge in [0.25, 0.3) is 5.91 Å². The number of aryl methyl sites for hydroxylation is 1. The highest BCUT2D eigenvalue weighted by atomic mass is 32.2. The summed E-state index contributed by atoms with van der Waals surface area (Å²) in [6, 6.07) is 10.1. The van der Waals surface area contributed by atoms with Gasteiger partial charge in [0.05, 0.1) is 18.1 Å². The second kappa shape index (κ2) is 8.00. The van der Waals surface area contributed by atoms with Gasteiger partial charge in [-0.3, -0.25) is 4.79 Å². The van der Waals surface area contributed by atoms with Gasteiger partial charge in [0, 0.05) is 11.6 Å². The predicted octanol–water partition coefficient (Wildman–Crippen LogP) is 2.98. The first-order valence-electron chi connectivity index (χ1n) is 8.78. The van der Waals surface area contributed by atoms with Crippen LogP contribution in [0.15, 0.2) is 53.5 Å². The summed E-state index contributed by atoms with van der Waals surface area (Å²) >= 11 is 0. The molecule has 7 heteroatoms. The fourth-order valence-corrected chi connectivity index (χ4v) is 4.87. The summed E-state index contributed by atoms with van der Waals surface area (Å²) in [5.74, 6) is 1.90. The van der Waals surface area contributed by atoms with Gasteiger partial charge in [0.2, 0.25) is 0 Å². The first-order chi connectivity index (χ1) is 12.9. The number of hydrogen-bond donors (Lipinski definition) is 0. The van der Waals surface area contributed by atoms with Gasteiger partial charge in [-0.1, -0.05) is 12.7 Å². The summed E-state index contributed by atoms with van der Waals surface area (Å²) in [5.41, 5.74) is 0.480. The second-order valence-electron chi connectivity index (χ2n) is 6.63.